The average Bonchev–Trinajstić information content (AvgIpc) is 2.16. The van der Waals surface area contributed by atoms with Crippen molar-refractivity contribution in [1.29, 1.82) is 0 Å². The molecule has 6 heteroatoms. The molecular formula is C10H14O6. The highest BCUT2D eigenvalue weighted by Gasteiger charge is 2.17. The van der Waals surface area contributed by atoms with Crippen LogP contribution in [0.1, 0.15) is 13.8 Å². The van der Waals surface area contributed by atoms with Gasteiger partial charge in [-0.15, -0.1) is 0 Å². The largest absolute Gasteiger partial charge is 0.504 e. The number of aliphatic hydroxyl groups is 2. The van der Waals surface area contributed by atoms with E-state index in [0.717, 1.165) is 0 Å². The molecule has 16 heavy (non-hydrogen) atoms. The monoisotopic (exact) mass is 230 g/mol. The number of benzene rings is 1. The van der Waals surface area contributed by atoms with Gasteiger partial charge in [0, 0.05) is 0 Å². The van der Waals surface area contributed by atoms with E-state index in [1.807, 2.05) is 0 Å². The summed E-state index contributed by atoms with van der Waals surface area (Å²) in [7, 11) is 0. The van der Waals surface area contributed by atoms with Gasteiger partial charge < -0.3 is 29.9 Å². The highest BCUT2D eigenvalue weighted by atomic mass is 16.6. The normalized spacial score (nSPS) is 14.2. The van der Waals surface area contributed by atoms with E-state index in [9.17, 15) is 10.2 Å². The number of aliphatic hydroxyl groups excluding tert-OH is 2. The van der Waals surface area contributed by atoms with E-state index in [0.29, 0.717) is 0 Å². The van der Waals surface area contributed by atoms with Crippen LogP contribution >= 0.6 is 0 Å². The molecule has 0 aliphatic rings. The molecule has 0 heterocycles. The zero-order valence-electron chi connectivity index (χ0n) is 8.91. The van der Waals surface area contributed by atoms with Gasteiger partial charge in [-0.25, -0.2) is 0 Å². The minimum atomic E-state index is -1.20. The zero-order chi connectivity index (χ0) is 12.3. The fourth-order valence-electron chi connectivity index (χ4n) is 1.11. The van der Waals surface area contributed by atoms with Gasteiger partial charge in [0.05, 0.1) is 0 Å². The molecule has 90 valence electrons. The molecule has 6 nitrogen and oxygen atoms in total. The number of phenolic OH excluding ortho intramolecular Hbond substituents is 2. The molecule has 0 fully saturated rings. The first-order chi connectivity index (χ1) is 7.41. The molecule has 0 bridgehead atoms. The summed E-state index contributed by atoms with van der Waals surface area (Å²) >= 11 is 0. The van der Waals surface area contributed by atoms with Gasteiger partial charge in [0.1, 0.15) is 0 Å². The van der Waals surface area contributed by atoms with Crippen LogP contribution in [0.25, 0.3) is 0 Å². The Balaban J connectivity index is 3.06. The van der Waals surface area contributed by atoms with Gasteiger partial charge in [0.15, 0.2) is 24.1 Å². The lowest BCUT2D eigenvalue weighted by molar-refractivity contribution is -0.01000. The van der Waals surface area contributed by atoms with E-state index >= 15 is 0 Å². The van der Waals surface area contributed by atoms with Crippen molar-refractivity contribution in [2.24, 2.45) is 0 Å². The molecule has 0 aromatic heterocycles. The molecule has 2 atom stereocenters. The van der Waals surface area contributed by atoms with Crippen LogP contribution in [0.3, 0.4) is 0 Å². The molecule has 0 saturated carbocycles. The first kappa shape index (κ1) is 12.4. The number of phenols is 2. The number of aromatic hydroxyl groups is 2. The Bertz CT molecular complexity index is 361. The first-order valence-electron chi connectivity index (χ1n) is 4.66. The van der Waals surface area contributed by atoms with Gasteiger partial charge in [-0.2, -0.15) is 0 Å². The minimum Gasteiger partial charge on any atom is -0.504 e. The van der Waals surface area contributed by atoms with Crippen LogP contribution < -0.4 is 9.47 Å². The molecule has 4 N–H and O–H groups in total. The van der Waals surface area contributed by atoms with Crippen LogP contribution in [0.5, 0.6) is 23.0 Å². The van der Waals surface area contributed by atoms with E-state index < -0.39 is 18.3 Å². The number of ether oxygens (including phenoxy) is 2. The summed E-state index contributed by atoms with van der Waals surface area (Å²) in [5.74, 6) is -1.17. The van der Waals surface area contributed by atoms with Gasteiger partial charge in [-0.05, 0) is 26.0 Å². The van der Waals surface area contributed by atoms with Crippen molar-refractivity contribution in [3.05, 3.63) is 12.1 Å². The van der Waals surface area contributed by atoms with Gasteiger partial charge in [-0.3, -0.25) is 0 Å². The highest BCUT2D eigenvalue weighted by Crippen LogP contribution is 2.43. The van der Waals surface area contributed by atoms with E-state index in [-0.39, 0.29) is 17.2 Å². The van der Waals surface area contributed by atoms with E-state index in [4.69, 9.17) is 19.7 Å². The quantitative estimate of drug-likeness (QED) is 0.563. The van der Waals surface area contributed by atoms with E-state index in [1.165, 1.54) is 26.0 Å². The average molecular weight is 230 g/mol. The lowest BCUT2D eigenvalue weighted by Gasteiger charge is -2.15. The standard InChI is InChI=1S/C10H14O6/c1-5(11)15-8-4-3-7(13)10(9(8)14)16-6(2)12/h3-6,11-14H,1-2H3. The van der Waals surface area contributed by atoms with Crippen molar-refractivity contribution in [3.8, 4) is 23.0 Å². The second-order valence-electron chi connectivity index (χ2n) is 3.19. The molecule has 0 spiro atoms. The molecule has 0 radical (unpaired) electrons. The maximum Gasteiger partial charge on any atom is 0.209 e. The lowest BCUT2D eigenvalue weighted by Crippen LogP contribution is -2.12. The summed E-state index contributed by atoms with van der Waals surface area (Å²) in [4.78, 5) is 0. The van der Waals surface area contributed by atoms with Crippen LogP contribution in [0.4, 0.5) is 0 Å². The molecule has 1 rings (SSSR count). The van der Waals surface area contributed by atoms with Crippen LogP contribution in [-0.4, -0.2) is 33.0 Å². The number of hydrogen-bond acceptors (Lipinski definition) is 6. The first-order valence-corrected chi connectivity index (χ1v) is 4.66. The molecule has 1 aromatic carbocycles. The molecule has 1 aromatic rings. The predicted octanol–water partition coefficient (Wildman–Crippen LogP) is 0.532. The molecule has 0 saturated heterocycles. The SMILES string of the molecule is CC(O)Oc1ccc(O)c(OC(C)O)c1O. The van der Waals surface area contributed by atoms with Gasteiger partial charge in [0.2, 0.25) is 11.5 Å². The third kappa shape index (κ3) is 2.91. The fourth-order valence-corrected chi connectivity index (χ4v) is 1.11. The maximum absolute atomic E-state index is 9.64. The molecule has 0 amide bonds. The van der Waals surface area contributed by atoms with Crippen LogP contribution in [0.2, 0.25) is 0 Å². The van der Waals surface area contributed by atoms with Crippen LogP contribution in [0.15, 0.2) is 12.1 Å². The van der Waals surface area contributed by atoms with Crippen LogP contribution in [-0.2, 0) is 0 Å². The summed E-state index contributed by atoms with van der Waals surface area (Å²) < 4.78 is 9.65. The third-order valence-electron chi connectivity index (χ3n) is 1.66. The van der Waals surface area contributed by atoms with Crippen molar-refractivity contribution in [2.45, 2.75) is 26.4 Å². The highest BCUT2D eigenvalue weighted by molar-refractivity contribution is 5.57. The van der Waals surface area contributed by atoms with Gasteiger partial charge in [0.25, 0.3) is 0 Å². The smallest absolute Gasteiger partial charge is 0.209 e. The summed E-state index contributed by atoms with van der Waals surface area (Å²) in [5.41, 5.74) is 0. The van der Waals surface area contributed by atoms with Crippen molar-refractivity contribution in [2.75, 3.05) is 0 Å². The Morgan fingerprint density at radius 1 is 1.00 bits per heavy atom. The summed E-state index contributed by atoms with van der Waals surface area (Å²) in [6.07, 6.45) is -2.31. The molecule has 0 aliphatic carbocycles. The topological polar surface area (TPSA) is 99.4 Å². The molecular weight excluding hydrogens is 216 g/mol. The van der Waals surface area contributed by atoms with Gasteiger partial charge >= 0.3 is 0 Å². The third-order valence-corrected chi connectivity index (χ3v) is 1.66. The Morgan fingerprint density at radius 2 is 1.56 bits per heavy atom. The summed E-state index contributed by atoms with van der Waals surface area (Å²) in [6.45, 7) is 2.68. The van der Waals surface area contributed by atoms with Crippen LogP contribution in [0, 0.1) is 0 Å². The predicted molar refractivity (Wildman–Crippen MR) is 54.4 cm³/mol. The number of rotatable bonds is 4. The summed E-state index contributed by atoms with van der Waals surface area (Å²) in [5, 5.41) is 37.0. The van der Waals surface area contributed by atoms with Gasteiger partial charge in [-0.1, -0.05) is 0 Å². The zero-order valence-corrected chi connectivity index (χ0v) is 8.91. The van der Waals surface area contributed by atoms with Crippen molar-refractivity contribution >= 4 is 0 Å². The van der Waals surface area contributed by atoms with E-state index in [2.05, 4.69) is 0 Å². The van der Waals surface area contributed by atoms with Crippen molar-refractivity contribution in [3.63, 3.8) is 0 Å². The fraction of sp³-hybridized carbons (Fsp3) is 0.400. The second-order valence-corrected chi connectivity index (χ2v) is 3.19. The second kappa shape index (κ2) is 4.91. The Morgan fingerprint density at radius 3 is 2.06 bits per heavy atom. The van der Waals surface area contributed by atoms with E-state index in [1.54, 1.807) is 0 Å². The summed E-state index contributed by atoms with van der Waals surface area (Å²) in [6, 6.07) is 2.49. The maximum atomic E-state index is 9.64. The Labute approximate surface area is 92.3 Å². The minimum absolute atomic E-state index is 0.0524. The Hall–Kier alpha value is -1.66. The number of hydrogen-bond donors (Lipinski definition) is 4. The Kier molecular flexibility index (Phi) is 3.81. The molecule has 2 unspecified atom stereocenters. The molecule has 0 aliphatic heterocycles. The lowest BCUT2D eigenvalue weighted by atomic mass is 10.2. The van der Waals surface area contributed by atoms with Crippen molar-refractivity contribution < 1.29 is 29.9 Å². The van der Waals surface area contributed by atoms with Crippen molar-refractivity contribution in [1.82, 2.24) is 0 Å².